The quantitative estimate of drug-likeness (QED) is 0.417. The van der Waals surface area contributed by atoms with E-state index in [1.54, 1.807) is 42.5 Å². The van der Waals surface area contributed by atoms with Crippen LogP contribution in [0.5, 0.6) is 5.75 Å². The van der Waals surface area contributed by atoms with Crippen molar-refractivity contribution in [3.05, 3.63) is 94.8 Å². The predicted octanol–water partition coefficient (Wildman–Crippen LogP) is 5.50. The zero-order valence-corrected chi connectivity index (χ0v) is 16.5. The number of benzene rings is 3. The Morgan fingerprint density at radius 2 is 1.69 bits per heavy atom. The van der Waals surface area contributed by atoms with E-state index >= 15 is 0 Å². The van der Waals surface area contributed by atoms with E-state index in [4.69, 9.17) is 9.15 Å². The highest BCUT2D eigenvalue weighted by atomic mass is 19.4. The largest absolute Gasteiger partial charge is 0.484 e. The number of ether oxygens (including phenoxy) is 1. The van der Waals surface area contributed by atoms with Crippen molar-refractivity contribution in [3.8, 4) is 16.9 Å². The molecule has 0 saturated carbocycles. The smallest absolute Gasteiger partial charge is 0.416 e. The zero-order valence-electron chi connectivity index (χ0n) is 16.5. The molecule has 1 N–H and O–H groups in total. The third-order valence-corrected chi connectivity index (χ3v) is 4.65. The van der Waals surface area contributed by atoms with Crippen molar-refractivity contribution >= 4 is 22.6 Å². The number of fused-ring (bicyclic) bond motifs is 1. The van der Waals surface area contributed by atoms with Gasteiger partial charge in [0.2, 0.25) is 0 Å². The summed E-state index contributed by atoms with van der Waals surface area (Å²) < 4.78 is 49.0. The summed E-state index contributed by atoms with van der Waals surface area (Å²) in [5, 5.41) is 3.15. The fraction of sp³-hybridized carbons (Fsp3) is 0.0833. The Hall–Kier alpha value is -4.07. The Balaban J connectivity index is 1.41. The van der Waals surface area contributed by atoms with Crippen molar-refractivity contribution in [2.75, 3.05) is 11.9 Å². The molecule has 32 heavy (non-hydrogen) atoms. The minimum Gasteiger partial charge on any atom is -0.484 e. The molecule has 1 heterocycles. The van der Waals surface area contributed by atoms with Crippen LogP contribution in [0, 0.1) is 0 Å². The van der Waals surface area contributed by atoms with Gasteiger partial charge in [-0.15, -0.1) is 0 Å². The van der Waals surface area contributed by atoms with Gasteiger partial charge in [-0.25, -0.2) is 4.79 Å². The molecule has 1 amide bonds. The summed E-state index contributed by atoms with van der Waals surface area (Å²) in [6.07, 6.45) is -4.50. The number of amides is 1. The molecule has 0 aliphatic carbocycles. The Kier molecular flexibility index (Phi) is 5.68. The molecule has 0 spiro atoms. The second-order valence-electron chi connectivity index (χ2n) is 6.93. The normalized spacial score (nSPS) is 11.3. The molecule has 4 rings (SSSR count). The zero-order chi connectivity index (χ0) is 22.7. The molecule has 3 aromatic carbocycles. The number of rotatable bonds is 5. The number of halogens is 3. The fourth-order valence-corrected chi connectivity index (χ4v) is 3.11. The molecule has 4 aromatic rings. The highest BCUT2D eigenvalue weighted by Crippen LogP contribution is 2.30. The van der Waals surface area contributed by atoms with E-state index in [0.717, 1.165) is 17.5 Å². The van der Waals surface area contributed by atoms with Gasteiger partial charge in [0, 0.05) is 11.1 Å². The van der Waals surface area contributed by atoms with Gasteiger partial charge in [-0.3, -0.25) is 4.79 Å². The molecule has 0 atom stereocenters. The standard InChI is InChI=1S/C24H16F3NO4/c25-24(26,27)17-5-3-6-18(13-17)28-22(29)14-31-19-10-8-15(9-11-19)20-12-16-4-1-2-7-21(16)32-23(20)30/h1-13H,14H2,(H,28,29). The SMILES string of the molecule is O=C(COc1ccc(-c2cc3ccccc3oc2=O)cc1)Nc1cccc(C(F)(F)F)c1. The molecule has 0 aliphatic heterocycles. The first-order valence-corrected chi connectivity index (χ1v) is 9.53. The third kappa shape index (κ3) is 4.80. The Morgan fingerprint density at radius 1 is 0.938 bits per heavy atom. The molecule has 1 aromatic heterocycles. The van der Waals surface area contributed by atoms with Crippen molar-refractivity contribution in [1.29, 1.82) is 0 Å². The lowest BCUT2D eigenvalue weighted by molar-refractivity contribution is -0.137. The van der Waals surface area contributed by atoms with Crippen molar-refractivity contribution in [2.24, 2.45) is 0 Å². The highest BCUT2D eigenvalue weighted by Gasteiger charge is 2.30. The van der Waals surface area contributed by atoms with Gasteiger partial charge >= 0.3 is 11.8 Å². The summed E-state index contributed by atoms with van der Waals surface area (Å²) in [4.78, 5) is 24.3. The monoisotopic (exact) mass is 439 g/mol. The van der Waals surface area contributed by atoms with Crippen molar-refractivity contribution in [2.45, 2.75) is 6.18 Å². The molecule has 0 unspecified atom stereocenters. The summed E-state index contributed by atoms with van der Waals surface area (Å²) in [5.74, 6) is -0.248. The second kappa shape index (κ2) is 8.58. The van der Waals surface area contributed by atoms with E-state index in [1.807, 2.05) is 12.1 Å². The van der Waals surface area contributed by atoms with E-state index in [1.165, 1.54) is 12.1 Å². The second-order valence-corrected chi connectivity index (χ2v) is 6.93. The molecule has 0 bridgehead atoms. The lowest BCUT2D eigenvalue weighted by Crippen LogP contribution is -2.20. The average Bonchev–Trinajstić information content (AvgIpc) is 2.77. The minimum atomic E-state index is -4.50. The van der Waals surface area contributed by atoms with E-state index in [-0.39, 0.29) is 5.69 Å². The van der Waals surface area contributed by atoms with Crippen LogP contribution in [0.2, 0.25) is 0 Å². The molecule has 5 nitrogen and oxygen atoms in total. The van der Waals surface area contributed by atoms with Crippen LogP contribution >= 0.6 is 0 Å². The van der Waals surface area contributed by atoms with Crippen LogP contribution in [-0.2, 0) is 11.0 Å². The number of nitrogens with one attached hydrogen (secondary N) is 1. The Morgan fingerprint density at radius 3 is 2.44 bits per heavy atom. The number of carbonyl (C=O) groups excluding carboxylic acids is 1. The van der Waals surface area contributed by atoms with Gasteiger partial charge in [-0.1, -0.05) is 36.4 Å². The predicted molar refractivity (Wildman–Crippen MR) is 113 cm³/mol. The van der Waals surface area contributed by atoms with Gasteiger partial charge in [-0.05, 0) is 48.0 Å². The van der Waals surface area contributed by atoms with Crippen LogP contribution in [-0.4, -0.2) is 12.5 Å². The maximum absolute atomic E-state index is 12.8. The number of hydrogen-bond acceptors (Lipinski definition) is 4. The first kappa shape index (κ1) is 21.2. The van der Waals surface area contributed by atoms with E-state index < -0.39 is 29.9 Å². The van der Waals surface area contributed by atoms with Crippen LogP contribution < -0.4 is 15.7 Å². The molecule has 162 valence electrons. The van der Waals surface area contributed by atoms with Gasteiger partial charge < -0.3 is 14.5 Å². The lowest BCUT2D eigenvalue weighted by Gasteiger charge is -2.11. The van der Waals surface area contributed by atoms with Gasteiger partial charge in [0.05, 0.1) is 11.1 Å². The number of carbonyl (C=O) groups is 1. The molecule has 0 fully saturated rings. The average molecular weight is 439 g/mol. The van der Waals surface area contributed by atoms with Crippen molar-refractivity contribution < 1.29 is 27.1 Å². The van der Waals surface area contributed by atoms with Crippen molar-refractivity contribution in [3.63, 3.8) is 0 Å². The summed E-state index contributed by atoms with van der Waals surface area (Å²) in [6, 6.07) is 19.7. The fourth-order valence-electron chi connectivity index (χ4n) is 3.11. The summed E-state index contributed by atoms with van der Waals surface area (Å²) in [7, 11) is 0. The lowest BCUT2D eigenvalue weighted by atomic mass is 10.1. The molecular weight excluding hydrogens is 423 g/mol. The number of alkyl halides is 3. The van der Waals surface area contributed by atoms with Crippen LogP contribution in [0.3, 0.4) is 0 Å². The summed E-state index contributed by atoms with van der Waals surface area (Å²) in [5.41, 5.74) is 0.186. The first-order valence-electron chi connectivity index (χ1n) is 9.53. The van der Waals surface area contributed by atoms with Crippen molar-refractivity contribution in [1.82, 2.24) is 0 Å². The highest BCUT2D eigenvalue weighted by molar-refractivity contribution is 5.92. The number of hydrogen-bond donors (Lipinski definition) is 1. The maximum atomic E-state index is 12.8. The van der Waals surface area contributed by atoms with Gasteiger partial charge in [-0.2, -0.15) is 13.2 Å². The molecule has 0 aliphatic rings. The van der Waals surface area contributed by atoms with Gasteiger partial charge in [0.25, 0.3) is 5.91 Å². The number of anilines is 1. The summed E-state index contributed by atoms with van der Waals surface area (Å²) in [6.45, 7) is -0.395. The summed E-state index contributed by atoms with van der Waals surface area (Å²) >= 11 is 0. The van der Waals surface area contributed by atoms with Gasteiger partial charge in [0.15, 0.2) is 6.61 Å². The minimum absolute atomic E-state index is 0.0202. The third-order valence-electron chi connectivity index (χ3n) is 4.65. The van der Waals surface area contributed by atoms with E-state index in [2.05, 4.69) is 5.32 Å². The molecule has 0 saturated heterocycles. The van der Waals surface area contributed by atoms with Crippen LogP contribution in [0.25, 0.3) is 22.1 Å². The Bertz CT molecular complexity index is 1330. The van der Waals surface area contributed by atoms with Gasteiger partial charge in [0.1, 0.15) is 11.3 Å². The Labute approximate surface area is 180 Å². The molecule has 0 radical (unpaired) electrons. The van der Waals surface area contributed by atoms with Crippen LogP contribution in [0.1, 0.15) is 5.56 Å². The van der Waals surface area contributed by atoms with Crippen LogP contribution in [0.15, 0.2) is 88.1 Å². The molecular formula is C24H16F3NO4. The van der Waals surface area contributed by atoms with E-state index in [9.17, 15) is 22.8 Å². The molecule has 8 heteroatoms. The van der Waals surface area contributed by atoms with Crippen LogP contribution in [0.4, 0.5) is 18.9 Å². The number of para-hydroxylation sites is 1. The van der Waals surface area contributed by atoms with E-state index in [0.29, 0.717) is 22.5 Å². The maximum Gasteiger partial charge on any atom is 0.416 e. The first-order chi connectivity index (χ1) is 15.3. The topological polar surface area (TPSA) is 68.5 Å².